The molecule has 2 aromatic rings. The van der Waals surface area contributed by atoms with Crippen LogP contribution in [-0.2, 0) is 4.79 Å². The van der Waals surface area contributed by atoms with E-state index < -0.39 is 10.8 Å². The summed E-state index contributed by atoms with van der Waals surface area (Å²) >= 11 is 5.79. The van der Waals surface area contributed by atoms with Crippen molar-refractivity contribution >= 4 is 29.3 Å². The van der Waals surface area contributed by atoms with Crippen molar-refractivity contribution < 1.29 is 9.72 Å². The lowest BCUT2D eigenvalue weighted by Gasteiger charge is -2.18. The summed E-state index contributed by atoms with van der Waals surface area (Å²) in [6.07, 6.45) is 2.89. The summed E-state index contributed by atoms with van der Waals surface area (Å²) in [4.78, 5) is 22.9. The van der Waals surface area contributed by atoms with Crippen molar-refractivity contribution in [2.75, 3.05) is 0 Å². The normalized spacial score (nSPS) is 12.1. The number of benzene rings is 2. The molecule has 0 unspecified atom stereocenters. The molecule has 0 saturated heterocycles. The zero-order chi connectivity index (χ0) is 19.8. The maximum absolute atomic E-state index is 12.6. The molecule has 0 heterocycles. The van der Waals surface area contributed by atoms with E-state index in [0.717, 1.165) is 18.4 Å². The Balaban J connectivity index is 2.27. The van der Waals surface area contributed by atoms with Crippen molar-refractivity contribution in [2.45, 2.75) is 25.8 Å². The Hall–Kier alpha value is -3.17. The minimum atomic E-state index is -0.613. The first-order valence-corrected chi connectivity index (χ1v) is 8.75. The van der Waals surface area contributed by atoms with Crippen molar-refractivity contribution in [2.24, 2.45) is 0 Å². The SMILES string of the molecule is CCC[C@H](NC(=O)C(C#N)=Cc1ccc(Cl)c([N+](=O)[O-])c1)c1ccccc1. The lowest BCUT2D eigenvalue weighted by molar-refractivity contribution is -0.384. The van der Waals surface area contributed by atoms with Gasteiger partial charge in [-0.3, -0.25) is 14.9 Å². The number of rotatable bonds is 7. The summed E-state index contributed by atoms with van der Waals surface area (Å²) in [5.74, 6) is -0.530. The van der Waals surface area contributed by atoms with Crippen LogP contribution in [-0.4, -0.2) is 10.8 Å². The molecule has 0 radical (unpaired) electrons. The maximum Gasteiger partial charge on any atom is 0.288 e. The van der Waals surface area contributed by atoms with Gasteiger partial charge in [-0.05, 0) is 29.7 Å². The molecule has 0 fully saturated rings. The summed E-state index contributed by atoms with van der Waals surface area (Å²) in [6.45, 7) is 2.01. The van der Waals surface area contributed by atoms with Crippen LogP contribution in [0.25, 0.3) is 6.08 Å². The highest BCUT2D eigenvalue weighted by Crippen LogP contribution is 2.26. The fourth-order valence-corrected chi connectivity index (χ4v) is 2.79. The van der Waals surface area contributed by atoms with Crippen LogP contribution in [0.3, 0.4) is 0 Å². The maximum atomic E-state index is 12.6. The van der Waals surface area contributed by atoms with Crippen molar-refractivity contribution in [3.63, 3.8) is 0 Å². The Labute approximate surface area is 162 Å². The van der Waals surface area contributed by atoms with E-state index >= 15 is 0 Å². The Bertz CT molecular complexity index is 904. The molecular weight excluding hydrogens is 366 g/mol. The predicted molar refractivity (Wildman–Crippen MR) is 104 cm³/mol. The average Bonchev–Trinajstić information content (AvgIpc) is 2.67. The number of hydrogen-bond acceptors (Lipinski definition) is 4. The molecule has 7 heteroatoms. The second-order valence-corrected chi connectivity index (χ2v) is 6.27. The van der Waals surface area contributed by atoms with Gasteiger partial charge in [-0.15, -0.1) is 0 Å². The largest absolute Gasteiger partial charge is 0.345 e. The zero-order valence-corrected chi connectivity index (χ0v) is 15.4. The van der Waals surface area contributed by atoms with Gasteiger partial charge < -0.3 is 5.32 Å². The highest BCUT2D eigenvalue weighted by atomic mass is 35.5. The predicted octanol–water partition coefficient (Wildman–Crippen LogP) is 4.81. The molecule has 6 nitrogen and oxygen atoms in total. The van der Waals surface area contributed by atoms with Gasteiger partial charge in [0.15, 0.2) is 0 Å². The molecule has 0 spiro atoms. The van der Waals surface area contributed by atoms with Crippen LogP contribution >= 0.6 is 11.6 Å². The van der Waals surface area contributed by atoms with E-state index in [9.17, 15) is 20.2 Å². The van der Waals surface area contributed by atoms with Crippen LogP contribution in [0, 0.1) is 21.4 Å². The molecule has 1 amide bonds. The number of halogens is 1. The number of nitrogens with zero attached hydrogens (tertiary/aromatic N) is 2. The summed E-state index contributed by atoms with van der Waals surface area (Å²) in [5, 5.41) is 23.2. The van der Waals surface area contributed by atoms with Crippen molar-refractivity contribution in [3.05, 3.63) is 80.4 Å². The third kappa shape index (κ3) is 5.40. The molecule has 0 bridgehead atoms. The summed E-state index contributed by atoms with van der Waals surface area (Å²) in [7, 11) is 0. The lowest BCUT2D eigenvalue weighted by atomic mass is 10.0. The van der Waals surface area contributed by atoms with Gasteiger partial charge in [0, 0.05) is 6.07 Å². The number of nitro groups is 1. The monoisotopic (exact) mass is 383 g/mol. The number of carbonyl (C=O) groups is 1. The molecule has 2 aromatic carbocycles. The van der Waals surface area contributed by atoms with E-state index in [-0.39, 0.29) is 22.3 Å². The minimum absolute atomic E-state index is 0.00723. The molecule has 0 aliphatic heterocycles. The minimum Gasteiger partial charge on any atom is -0.345 e. The number of hydrogen-bond donors (Lipinski definition) is 1. The zero-order valence-electron chi connectivity index (χ0n) is 14.7. The average molecular weight is 384 g/mol. The van der Waals surface area contributed by atoms with E-state index in [4.69, 9.17) is 11.6 Å². The van der Waals surface area contributed by atoms with Gasteiger partial charge in [-0.25, -0.2) is 0 Å². The van der Waals surface area contributed by atoms with Gasteiger partial charge in [0.2, 0.25) is 0 Å². The van der Waals surface area contributed by atoms with E-state index in [2.05, 4.69) is 5.32 Å². The summed E-state index contributed by atoms with van der Waals surface area (Å²) in [6, 6.07) is 15.2. The molecule has 0 saturated carbocycles. The van der Waals surface area contributed by atoms with Crippen LogP contribution in [0.2, 0.25) is 5.02 Å². The van der Waals surface area contributed by atoms with Crippen LogP contribution in [0.4, 0.5) is 5.69 Å². The molecule has 27 heavy (non-hydrogen) atoms. The highest BCUT2D eigenvalue weighted by Gasteiger charge is 2.18. The van der Waals surface area contributed by atoms with Crippen LogP contribution in [0.5, 0.6) is 0 Å². The number of carbonyl (C=O) groups excluding carboxylic acids is 1. The molecule has 1 N–H and O–H groups in total. The van der Waals surface area contributed by atoms with Crippen molar-refractivity contribution in [1.29, 1.82) is 5.26 Å². The van der Waals surface area contributed by atoms with Gasteiger partial charge in [-0.1, -0.05) is 61.3 Å². The molecule has 0 aliphatic carbocycles. The summed E-state index contributed by atoms with van der Waals surface area (Å²) in [5.41, 5.74) is 0.886. The fourth-order valence-electron chi connectivity index (χ4n) is 2.61. The first kappa shape index (κ1) is 20.1. The quantitative estimate of drug-likeness (QED) is 0.321. The number of amides is 1. The molecule has 0 aliphatic rings. The van der Waals surface area contributed by atoms with E-state index in [0.29, 0.717) is 5.56 Å². The first-order chi connectivity index (χ1) is 13.0. The van der Waals surface area contributed by atoms with E-state index in [1.165, 1.54) is 24.3 Å². The van der Waals surface area contributed by atoms with E-state index in [1.807, 2.05) is 43.3 Å². The van der Waals surface area contributed by atoms with Crippen molar-refractivity contribution in [1.82, 2.24) is 5.32 Å². The highest BCUT2D eigenvalue weighted by molar-refractivity contribution is 6.32. The Morgan fingerprint density at radius 2 is 2.04 bits per heavy atom. The summed E-state index contributed by atoms with van der Waals surface area (Å²) < 4.78 is 0. The molecule has 1 atom stereocenters. The third-order valence-electron chi connectivity index (χ3n) is 3.93. The first-order valence-electron chi connectivity index (χ1n) is 8.37. The number of nitro benzene ring substituents is 1. The standard InChI is InChI=1S/C20H18ClN3O3/c1-2-6-18(15-7-4-3-5-8-15)23-20(25)16(13-22)11-14-9-10-17(21)19(12-14)24(26)27/h3-5,7-12,18H,2,6H2,1H3,(H,23,25)/t18-/m0/s1. The van der Waals surface area contributed by atoms with Crippen LogP contribution in [0.15, 0.2) is 54.1 Å². The van der Waals surface area contributed by atoms with Gasteiger partial charge in [0.1, 0.15) is 16.7 Å². The number of nitriles is 1. The van der Waals surface area contributed by atoms with Gasteiger partial charge in [-0.2, -0.15) is 5.26 Å². The number of nitrogens with one attached hydrogen (secondary N) is 1. The van der Waals surface area contributed by atoms with Crippen LogP contribution < -0.4 is 5.32 Å². The van der Waals surface area contributed by atoms with Gasteiger partial charge in [0.05, 0.1) is 11.0 Å². The fraction of sp³-hybridized carbons (Fsp3) is 0.200. The molecular formula is C20H18ClN3O3. The van der Waals surface area contributed by atoms with E-state index in [1.54, 1.807) is 0 Å². The Morgan fingerprint density at radius 3 is 2.63 bits per heavy atom. The van der Waals surface area contributed by atoms with Crippen LogP contribution in [0.1, 0.15) is 36.9 Å². The third-order valence-corrected chi connectivity index (χ3v) is 4.25. The molecule has 2 rings (SSSR count). The Kier molecular flexibility index (Phi) is 7.09. The lowest BCUT2D eigenvalue weighted by Crippen LogP contribution is -2.29. The van der Waals surface area contributed by atoms with Gasteiger partial charge in [0.25, 0.3) is 11.6 Å². The topological polar surface area (TPSA) is 96.0 Å². The Morgan fingerprint density at radius 1 is 1.33 bits per heavy atom. The molecule has 138 valence electrons. The van der Waals surface area contributed by atoms with Crippen molar-refractivity contribution in [3.8, 4) is 6.07 Å². The van der Waals surface area contributed by atoms with Gasteiger partial charge >= 0.3 is 0 Å². The molecule has 0 aromatic heterocycles. The smallest absolute Gasteiger partial charge is 0.288 e. The second kappa shape index (κ2) is 9.51. The second-order valence-electron chi connectivity index (χ2n) is 5.86.